The highest BCUT2D eigenvalue weighted by Crippen LogP contribution is 2.18. The summed E-state index contributed by atoms with van der Waals surface area (Å²) in [5.41, 5.74) is 9.29. The molecule has 1 amide bonds. The van der Waals surface area contributed by atoms with Gasteiger partial charge in [-0.25, -0.2) is 0 Å². The van der Waals surface area contributed by atoms with E-state index in [1.165, 1.54) is 0 Å². The van der Waals surface area contributed by atoms with Crippen molar-refractivity contribution >= 4 is 5.91 Å². The first-order valence-electron chi connectivity index (χ1n) is 6.84. The maximum absolute atomic E-state index is 12.2. The van der Waals surface area contributed by atoms with E-state index in [9.17, 15) is 4.79 Å². The molecule has 4 nitrogen and oxygen atoms in total. The summed E-state index contributed by atoms with van der Waals surface area (Å²) in [7, 11) is 1.60. The molecule has 0 aromatic heterocycles. The molecule has 0 spiro atoms. The summed E-state index contributed by atoms with van der Waals surface area (Å²) in [4.78, 5) is 12.2. The lowest BCUT2D eigenvalue weighted by Crippen LogP contribution is -2.23. The van der Waals surface area contributed by atoms with Crippen molar-refractivity contribution in [2.24, 2.45) is 5.73 Å². The van der Waals surface area contributed by atoms with Crippen molar-refractivity contribution in [2.45, 2.75) is 20.0 Å². The van der Waals surface area contributed by atoms with Crippen molar-refractivity contribution in [1.82, 2.24) is 5.32 Å². The van der Waals surface area contributed by atoms with Crippen LogP contribution in [0.3, 0.4) is 0 Å². The van der Waals surface area contributed by atoms with E-state index in [1.54, 1.807) is 19.2 Å². The second-order valence-corrected chi connectivity index (χ2v) is 4.89. The lowest BCUT2D eigenvalue weighted by atomic mass is 10.1. The van der Waals surface area contributed by atoms with E-state index in [0.717, 1.165) is 16.7 Å². The third-order valence-electron chi connectivity index (χ3n) is 3.35. The van der Waals surface area contributed by atoms with Crippen LogP contribution in [0.1, 0.15) is 27.0 Å². The van der Waals surface area contributed by atoms with Crippen LogP contribution in [0.25, 0.3) is 0 Å². The predicted molar refractivity (Wildman–Crippen MR) is 83.2 cm³/mol. The smallest absolute Gasteiger partial charge is 0.251 e. The molecule has 4 heteroatoms. The molecule has 0 unspecified atom stereocenters. The number of benzene rings is 2. The molecule has 21 heavy (non-hydrogen) atoms. The normalized spacial score (nSPS) is 10.2. The number of carbonyl (C=O) groups is 1. The van der Waals surface area contributed by atoms with Gasteiger partial charge in [-0.15, -0.1) is 0 Å². The van der Waals surface area contributed by atoms with Gasteiger partial charge < -0.3 is 15.8 Å². The van der Waals surface area contributed by atoms with Crippen LogP contribution >= 0.6 is 0 Å². The number of carbonyl (C=O) groups excluding carboxylic acids is 1. The summed E-state index contributed by atoms with van der Waals surface area (Å²) in [6.07, 6.45) is 0. The summed E-state index contributed by atoms with van der Waals surface area (Å²) in [5.74, 6) is 0.597. The quantitative estimate of drug-likeness (QED) is 0.886. The van der Waals surface area contributed by atoms with Crippen molar-refractivity contribution in [3.63, 3.8) is 0 Å². The van der Waals surface area contributed by atoms with Crippen molar-refractivity contribution in [3.05, 3.63) is 64.7 Å². The Morgan fingerprint density at radius 1 is 1.19 bits per heavy atom. The standard InChI is InChI=1S/C17H20N2O2/c1-12-6-7-15(9-16(12)21-2)17(20)19-11-14-5-3-4-13(8-14)10-18/h3-9H,10-11,18H2,1-2H3,(H,19,20). The van der Waals surface area contributed by atoms with Gasteiger partial charge in [0.25, 0.3) is 5.91 Å². The van der Waals surface area contributed by atoms with Gasteiger partial charge in [-0.05, 0) is 35.7 Å². The zero-order valence-electron chi connectivity index (χ0n) is 12.3. The largest absolute Gasteiger partial charge is 0.496 e. The minimum absolute atomic E-state index is 0.119. The maximum Gasteiger partial charge on any atom is 0.251 e. The molecule has 0 bridgehead atoms. The van der Waals surface area contributed by atoms with Gasteiger partial charge in [0.1, 0.15) is 5.75 Å². The highest BCUT2D eigenvalue weighted by Gasteiger charge is 2.08. The first kappa shape index (κ1) is 15.1. The Balaban J connectivity index is 2.04. The number of nitrogens with one attached hydrogen (secondary N) is 1. The molecule has 0 saturated carbocycles. The summed E-state index contributed by atoms with van der Waals surface area (Å²) < 4.78 is 5.23. The van der Waals surface area contributed by atoms with Gasteiger partial charge in [0.15, 0.2) is 0 Å². The van der Waals surface area contributed by atoms with E-state index in [-0.39, 0.29) is 5.91 Å². The van der Waals surface area contributed by atoms with Crippen molar-refractivity contribution < 1.29 is 9.53 Å². The average Bonchev–Trinajstić information content (AvgIpc) is 2.53. The predicted octanol–water partition coefficient (Wildman–Crippen LogP) is 2.39. The summed E-state index contributed by atoms with van der Waals surface area (Å²) in [6.45, 7) is 2.92. The van der Waals surface area contributed by atoms with Crippen LogP contribution in [0.2, 0.25) is 0 Å². The lowest BCUT2D eigenvalue weighted by Gasteiger charge is -2.09. The SMILES string of the molecule is COc1cc(C(=O)NCc2cccc(CN)c2)ccc1C. The zero-order valence-corrected chi connectivity index (χ0v) is 12.3. The fourth-order valence-corrected chi connectivity index (χ4v) is 2.11. The molecule has 110 valence electrons. The molecule has 0 saturated heterocycles. The fraction of sp³-hybridized carbons (Fsp3) is 0.235. The summed E-state index contributed by atoms with van der Waals surface area (Å²) in [6, 6.07) is 13.3. The van der Waals surface area contributed by atoms with Crippen LogP contribution in [0.15, 0.2) is 42.5 Å². The van der Waals surface area contributed by atoms with Crippen LogP contribution < -0.4 is 15.8 Å². The molecular weight excluding hydrogens is 264 g/mol. The molecule has 2 aromatic carbocycles. The van der Waals surface area contributed by atoms with Gasteiger partial charge in [0.05, 0.1) is 7.11 Å². The van der Waals surface area contributed by atoms with Crippen molar-refractivity contribution in [2.75, 3.05) is 7.11 Å². The minimum atomic E-state index is -0.119. The monoisotopic (exact) mass is 284 g/mol. The third-order valence-corrected chi connectivity index (χ3v) is 3.35. The van der Waals surface area contributed by atoms with E-state index in [0.29, 0.717) is 24.4 Å². The number of hydrogen-bond acceptors (Lipinski definition) is 3. The highest BCUT2D eigenvalue weighted by molar-refractivity contribution is 5.94. The first-order chi connectivity index (χ1) is 10.1. The second kappa shape index (κ2) is 6.90. The lowest BCUT2D eigenvalue weighted by molar-refractivity contribution is 0.0950. The Morgan fingerprint density at radius 2 is 1.95 bits per heavy atom. The van der Waals surface area contributed by atoms with E-state index >= 15 is 0 Å². The Hall–Kier alpha value is -2.33. The molecule has 3 N–H and O–H groups in total. The second-order valence-electron chi connectivity index (χ2n) is 4.89. The molecule has 0 aliphatic heterocycles. The Labute approximate surface area is 124 Å². The van der Waals surface area contributed by atoms with Crippen LogP contribution in [-0.2, 0) is 13.1 Å². The van der Waals surface area contributed by atoms with Gasteiger partial charge in [-0.1, -0.05) is 30.3 Å². The Morgan fingerprint density at radius 3 is 2.67 bits per heavy atom. The van der Waals surface area contributed by atoms with Gasteiger partial charge in [-0.3, -0.25) is 4.79 Å². The number of hydrogen-bond donors (Lipinski definition) is 2. The number of methoxy groups -OCH3 is 1. The number of aryl methyl sites for hydroxylation is 1. The molecule has 2 aromatic rings. The summed E-state index contributed by atoms with van der Waals surface area (Å²) in [5, 5.41) is 2.90. The molecule has 2 rings (SSSR count). The van der Waals surface area contributed by atoms with Crippen molar-refractivity contribution in [1.29, 1.82) is 0 Å². The molecule has 0 heterocycles. The molecule has 0 atom stereocenters. The van der Waals surface area contributed by atoms with Gasteiger partial charge in [0, 0.05) is 18.7 Å². The molecule has 0 aliphatic carbocycles. The van der Waals surface area contributed by atoms with Gasteiger partial charge in [0.2, 0.25) is 0 Å². The zero-order chi connectivity index (χ0) is 15.2. The van der Waals surface area contributed by atoms with Crippen LogP contribution in [0, 0.1) is 6.92 Å². The highest BCUT2D eigenvalue weighted by atomic mass is 16.5. The van der Waals surface area contributed by atoms with Gasteiger partial charge in [-0.2, -0.15) is 0 Å². The molecule has 0 fully saturated rings. The van der Waals surface area contributed by atoms with Crippen molar-refractivity contribution in [3.8, 4) is 5.75 Å². The number of ether oxygens (including phenoxy) is 1. The number of amides is 1. The Kier molecular flexibility index (Phi) is 4.95. The van der Waals surface area contributed by atoms with E-state index < -0.39 is 0 Å². The van der Waals surface area contributed by atoms with E-state index in [1.807, 2.05) is 37.3 Å². The topological polar surface area (TPSA) is 64.3 Å². The minimum Gasteiger partial charge on any atom is -0.496 e. The van der Waals surface area contributed by atoms with Crippen LogP contribution in [0.4, 0.5) is 0 Å². The van der Waals surface area contributed by atoms with Crippen LogP contribution in [-0.4, -0.2) is 13.0 Å². The number of rotatable bonds is 5. The van der Waals surface area contributed by atoms with E-state index in [2.05, 4.69) is 5.32 Å². The third kappa shape index (κ3) is 3.83. The van der Waals surface area contributed by atoms with E-state index in [4.69, 9.17) is 10.5 Å². The summed E-state index contributed by atoms with van der Waals surface area (Å²) >= 11 is 0. The average molecular weight is 284 g/mol. The first-order valence-corrected chi connectivity index (χ1v) is 6.84. The fourth-order valence-electron chi connectivity index (χ4n) is 2.11. The molecule has 0 aliphatic rings. The molecule has 0 radical (unpaired) electrons. The Bertz CT molecular complexity index is 638. The van der Waals surface area contributed by atoms with Crippen LogP contribution in [0.5, 0.6) is 5.75 Å². The molecular formula is C17H20N2O2. The number of nitrogens with two attached hydrogens (primary N) is 1. The van der Waals surface area contributed by atoms with Gasteiger partial charge >= 0.3 is 0 Å². The maximum atomic E-state index is 12.2.